The van der Waals surface area contributed by atoms with Crippen molar-refractivity contribution >= 4 is 5.78 Å². The first kappa shape index (κ1) is 24.0. The lowest BCUT2D eigenvalue weighted by molar-refractivity contribution is -0.214. The third kappa shape index (κ3) is 2.85. The van der Waals surface area contributed by atoms with Crippen LogP contribution < -0.4 is 0 Å². The van der Waals surface area contributed by atoms with Crippen LogP contribution in [0.5, 0.6) is 0 Å². The van der Waals surface area contributed by atoms with Crippen LogP contribution in [0.3, 0.4) is 0 Å². The zero-order chi connectivity index (χ0) is 24.2. The Labute approximate surface area is 201 Å². The van der Waals surface area contributed by atoms with Crippen LogP contribution in [-0.4, -0.2) is 28.7 Å². The number of hydrogen-bond donors (Lipinski definition) is 2. The number of Topliss-reactive ketones (excluding diaryl/α,β-unsaturated/α-hetero) is 1. The molecule has 0 saturated heterocycles. The molecular formula is C30H48O3. The predicted octanol–water partition coefficient (Wildman–Crippen LogP) is 6.32. The second-order valence-corrected chi connectivity index (χ2v) is 15.0. The molecule has 0 bridgehead atoms. The van der Waals surface area contributed by atoms with Crippen molar-refractivity contribution in [2.24, 2.45) is 50.2 Å². The van der Waals surface area contributed by atoms with Gasteiger partial charge in [0.25, 0.3) is 0 Å². The van der Waals surface area contributed by atoms with Gasteiger partial charge in [0.1, 0.15) is 5.78 Å². The molecule has 0 aromatic carbocycles. The van der Waals surface area contributed by atoms with Crippen molar-refractivity contribution in [2.75, 3.05) is 6.61 Å². The van der Waals surface area contributed by atoms with Crippen LogP contribution in [-0.2, 0) is 4.79 Å². The fourth-order valence-electron chi connectivity index (χ4n) is 10.5. The monoisotopic (exact) mass is 456 g/mol. The molecule has 0 spiro atoms. The van der Waals surface area contributed by atoms with Crippen LogP contribution in [0.15, 0.2) is 11.6 Å². The minimum atomic E-state index is -0.402. The number of carbonyl (C=O) groups excluding carboxylic acids is 1. The Morgan fingerprint density at radius 2 is 1.64 bits per heavy atom. The molecule has 0 aromatic heterocycles. The summed E-state index contributed by atoms with van der Waals surface area (Å²) in [7, 11) is 0. The molecule has 5 rings (SSSR count). The second-order valence-electron chi connectivity index (χ2n) is 15.0. The highest BCUT2D eigenvalue weighted by Crippen LogP contribution is 2.75. The lowest BCUT2D eigenvalue weighted by Gasteiger charge is -2.71. The van der Waals surface area contributed by atoms with Gasteiger partial charge in [-0.1, -0.05) is 60.1 Å². The van der Waals surface area contributed by atoms with Crippen molar-refractivity contribution in [3.05, 3.63) is 11.6 Å². The average Bonchev–Trinajstić information content (AvgIpc) is 2.73. The summed E-state index contributed by atoms with van der Waals surface area (Å²) in [6.45, 7) is 16.7. The molecule has 4 saturated carbocycles. The maximum Gasteiger partial charge on any atom is 0.139 e. The highest BCUT2D eigenvalue weighted by Gasteiger charge is 2.69. The van der Waals surface area contributed by atoms with E-state index < -0.39 is 11.5 Å². The van der Waals surface area contributed by atoms with E-state index in [0.29, 0.717) is 23.5 Å². The molecule has 33 heavy (non-hydrogen) atoms. The number of rotatable bonds is 1. The van der Waals surface area contributed by atoms with Gasteiger partial charge in [0.15, 0.2) is 0 Å². The Morgan fingerprint density at radius 1 is 0.939 bits per heavy atom. The molecule has 5 aliphatic carbocycles. The molecule has 186 valence electrons. The van der Waals surface area contributed by atoms with Gasteiger partial charge in [-0.15, -0.1) is 0 Å². The molecule has 3 nitrogen and oxygen atoms in total. The fourth-order valence-corrected chi connectivity index (χ4v) is 10.5. The van der Waals surface area contributed by atoms with Crippen molar-refractivity contribution in [1.29, 1.82) is 0 Å². The quantitative estimate of drug-likeness (QED) is 0.454. The maximum absolute atomic E-state index is 13.4. The second kappa shape index (κ2) is 6.96. The molecule has 9 atom stereocenters. The molecule has 3 heteroatoms. The first-order chi connectivity index (χ1) is 15.2. The molecular weight excluding hydrogens is 408 g/mol. The summed E-state index contributed by atoms with van der Waals surface area (Å²) in [6, 6.07) is 0. The van der Waals surface area contributed by atoms with E-state index >= 15 is 0 Å². The number of ketones is 1. The van der Waals surface area contributed by atoms with Crippen molar-refractivity contribution in [2.45, 2.75) is 112 Å². The number of carbonyl (C=O) groups is 1. The number of fused-ring (bicyclic) bond motifs is 7. The molecule has 5 aliphatic rings. The van der Waals surface area contributed by atoms with Gasteiger partial charge in [-0.2, -0.15) is 0 Å². The van der Waals surface area contributed by atoms with E-state index in [-0.39, 0.29) is 33.7 Å². The summed E-state index contributed by atoms with van der Waals surface area (Å²) in [6.07, 6.45) is 11.4. The highest BCUT2D eigenvalue weighted by atomic mass is 16.3. The Morgan fingerprint density at radius 3 is 2.30 bits per heavy atom. The van der Waals surface area contributed by atoms with Gasteiger partial charge >= 0.3 is 0 Å². The van der Waals surface area contributed by atoms with Gasteiger partial charge in [-0.05, 0) is 90.8 Å². The maximum atomic E-state index is 13.4. The molecule has 2 N–H and O–H groups in total. The topological polar surface area (TPSA) is 57.5 Å². The van der Waals surface area contributed by atoms with Crippen LogP contribution in [0.2, 0.25) is 0 Å². The summed E-state index contributed by atoms with van der Waals surface area (Å²) in [5.41, 5.74) is 1.58. The zero-order valence-electron chi connectivity index (χ0n) is 22.3. The lowest BCUT2D eigenvalue weighted by atomic mass is 9.33. The van der Waals surface area contributed by atoms with E-state index in [9.17, 15) is 15.0 Å². The van der Waals surface area contributed by atoms with E-state index in [1.807, 2.05) is 0 Å². The van der Waals surface area contributed by atoms with Gasteiger partial charge in [0.2, 0.25) is 0 Å². The Balaban J connectivity index is 1.59. The first-order valence-electron chi connectivity index (χ1n) is 13.7. The van der Waals surface area contributed by atoms with Crippen LogP contribution in [0.25, 0.3) is 0 Å². The summed E-state index contributed by atoms with van der Waals surface area (Å²) in [5, 5.41) is 21.3. The van der Waals surface area contributed by atoms with Gasteiger partial charge in [-0.3, -0.25) is 4.79 Å². The van der Waals surface area contributed by atoms with Gasteiger partial charge < -0.3 is 10.2 Å². The average molecular weight is 457 g/mol. The van der Waals surface area contributed by atoms with Crippen LogP contribution >= 0.6 is 0 Å². The molecule has 4 fully saturated rings. The SMILES string of the molecule is CC1(C)CC(=O)[C@]2(C)CC[C@]3(C)C(=CC[C@@H]4[C@@]5(C)CC[C@H](O)[C@@](C)(CO)[C@@H]5CC[C@]43C)[C@@H]2C1. The van der Waals surface area contributed by atoms with E-state index in [4.69, 9.17) is 0 Å². The summed E-state index contributed by atoms with van der Waals surface area (Å²) < 4.78 is 0. The van der Waals surface area contributed by atoms with Crippen LogP contribution in [0.1, 0.15) is 106 Å². The highest BCUT2D eigenvalue weighted by molar-refractivity contribution is 5.87. The molecule has 0 radical (unpaired) electrons. The molecule has 0 heterocycles. The van der Waals surface area contributed by atoms with Gasteiger partial charge in [0, 0.05) is 17.3 Å². The standard InChI is InChI=1S/C30H48O3/c1-25(2)16-20-19-8-9-22-27(4)12-11-23(32)28(5,18-31)21(27)10-13-30(22,7)29(19,6)15-14-26(20,3)24(33)17-25/h8,20-23,31-32H,9-18H2,1-7H3/t20-,21+,22+,23-,26+,27-,28-,29+,30+/m0/s1. The van der Waals surface area contributed by atoms with E-state index in [0.717, 1.165) is 57.8 Å². The van der Waals surface area contributed by atoms with E-state index in [1.165, 1.54) is 0 Å². The Kier molecular flexibility index (Phi) is 5.07. The lowest BCUT2D eigenvalue weighted by Crippen LogP contribution is -2.65. The van der Waals surface area contributed by atoms with Gasteiger partial charge in [0.05, 0.1) is 12.7 Å². The summed E-state index contributed by atoms with van der Waals surface area (Å²) in [4.78, 5) is 13.4. The number of aliphatic hydroxyl groups excluding tert-OH is 2. The van der Waals surface area contributed by atoms with E-state index in [1.54, 1.807) is 5.57 Å². The normalized spacial score (nSPS) is 55.5. The molecule has 0 unspecified atom stereocenters. The minimum Gasteiger partial charge on any atom is -0.396 e. The van der Waals surface area contributed by atoms with E-state index in [2.05, 4.69) is 54.5 Å². The molecule has 0 amide bonds. The number of hydrogen-bond acceptors (Lipinski definition) is 3. The number of aliphatic hydroxyl groups is 2. The Hall–Kier alpha value is -0.670. The van der Waals surface area contributed by atoms with Crippen molar-refractivity contribution in [1.82, 2.24) is 0 Å². The largest absolute Gasteiger partial charge is 0.396 e. The minimum absolute atomic E-state index is 0.0772. The smallest absolute Gasteiger partial charge is 0.139 e. The van der Waals surface area contributed by atoms with Crippen molar-refractivity contribution in [3.63, 3.8) is 0 Å². The predicted molar refractivity (Wildman–Crippen MR) is 133 cm³/mol. The third-order valence-corrected chi connectivity index (χ3v) is 13.0. The molecule has 0 aromatic rings. The third-order valence-electron chi connectivity index (χ3n) is 13.0. The summed E-state index contributed by atoms with van der Waals surface area (Å²) >= 11 is 0. The van der Waals surface area contributed by atoms with Crippen molar-refractivity contribution < 1.29 is 15.0 Å². The zero-order valence-corrected chi connectivity index (χ0v) is 22.3. The first-order valence-corrected chi connectivity index (χ1v) is 13.7. The van der Waals surface area contributed by atoms with Crippen LogP contribution in [0.4, 0.5) is 0 Å². The molecule has 0 aliphatic heterocycles. The summed E-state index contributed by atoms with van der Waals surface area (Å²) in [5.74, 6) is 1.80. The fraction of sp³-hybridized carbons (Fsp3) is 0.900. The Bertz CT molecular complexity index is 889. The van der Waals surface area contributed by atoms with Crippen molar-refractivity contribution in [3.8, 4) is 0 Å². The van der Waals surface area contributed by atoms with Crippen LogP contribution in [0, 0.1) is 50.2 Å². The van der Waals surface area contributed by atoms with Gasteiger partial charge in [-0.25, -0.2) is 0 Å². The number of allylic oxidation sites excluding steroid dienone is 2.